The summed E-state index contributed by atoms with van der Waals surface area (Å²) in [6.45, 7) is 6.03. The molecule has 2 aromatic heterocycles. The molecule has 0 amide bonds. The van der Waals surface area contributed by atoms with E-state index in [0.29, 0.717) is 19.0 Å². The number of aromatic nitrogens is 4. The lowest BCUT2D eigenvalue weighted by molar-refractivity contribution is 0.128. The third kappa shape index (κ3) is 4.50. The highest BCUT2D eigenvalue weighted by molar-refractivity contribution is 7.99. The normalized spacial score (nSPS) is 10.7. The molecule has 0 spiro atoms. The zero-order valence-corrected chi connectivity index (χ0v) is 12.5. The topological polar surface area (TPSA) is 75.7 Å². The summed E-state index contributed by atoms with van der Waals surface area (Å²) in [6.07, 6.45) is 4.56. The molecule has 108 valence electrons. The second kappa shape index (κ2) is 7.86. The van der Waals surface area contributed by atoms with Crippen molar-refractivity contribution in [3.8, 4) is 0 Å². The minimum absolute atomic E-state index is 0.420. The first-order valence-corrected chi connectivity index (χ1v) is 7.50. The monoisotopic (exact) mass is 293 g/mol. The highest BCUT2D eigenvalue weighted by atomic mass is 32.2. The van der Waals surface area contributed by atoms with Crippen molar-refractivity contribution in [2.24, 2.45) is 0 Å². The lowest BCUT2D eigenvalue weighted by atomic mass is 10.4. The standard InChI is InChI=1S/C13H19N5OS/c1-3-5-14-10-8-12(20-13-15-6-7-16-13)18-11(17-10)9-19-4-2/h6-8H,3-5,9H2,1-2H3,(H,15,16)(H,14,17,18). The van der Waals surface area contributed by atoms with Gasteiger partial charge < -0.3 is 15.0 Å². The van der Waals surface area contributed by atoms with Crippen molar-refractivity contribution in [3.63, 3.8) is 0 Å². The van der Waals surface area contributed by atoms with E-state index in [-0.39, 0.29) is 0 Å². The first-order valence-electron chi connectivity index (χ1n) is 6.68. The maximum absolute atomic E-state index is 5.38. The molecule has 2 rings (SSSR count). The van der Waals surface area contributed by atoms with Crippen LogP contribution in [0.1, 0.15) is 26.1 Å². The predicted molar refractivity (Wildman–Crippen MR) is 78.9 cm³/mol. The molecule has 0 fully saturated rings. The lowest BCUT2D eigenvalue weighted by Crippen LogP contribution is -2.07. The Labute approximate surface area is 122 Å². The molecule has 2 aromatic rings. The van der Waals surface area contributed by atoms with Crippen LogP contribution in [-0.4, -0.2) is 33.1 Å². The molecule has 0 unspecified atom stereocenters. The van der Waals surface area contributed by atoms with Gasteiger partial charge in [-0.25, -0.2) is 15.0 Å². The number of ether oxygens (including phenoxy) is 1. The van der Waals surface area contributed by atoms with Crippen molar-refractivity contribution in [2.45, 2.75) is 37.1 Å². The molecule has 0 bridgehead atoms. The number of hydrogen-bond donors (Lipinski definition) is 2. The van der Waals surface area contributed by atoms with Crippen LogP contribution in [0.15, 0.2) is 28.6 Å². The highest BCUT2D eigenvalue weighted by Crippen LogP contribution is 2.24. The molecule has 0 aromatic carbocycles. The number of aromatic amines is 1. The fourth-order valence-electron chi connectivity index (χ4n) is 1.53. The average molecular weight is 293 g/mol. The molecule has 2 N–H and O–H groups in total. The summed E-state index contributed by atoms with van der Waals surface area (Å²) in [4.78, 5) is 16.2. The van der Waals surface area contributed by atoms with Crippen molar-refractivity contribution >= 4 is 17.6 Å². The summed E-state index contributed by atoms with van der Waals surface area (Å²) in [5.74, 6) is 1.51. The van der Waals surface area contributed by atoms with E-state index in [9.17, 15) is 0 Å². The number of nitrogens with one attached hydrogen (secondary N) is 2. The Morgan fingerprint density at radius 1 is 1.35 bits per heavy atom. The van der Waals surface area contributed by atoms with Gasteiger partial charge in [-0.2, -0.15) is 0 Å². The number of imidazole rings is 1. The Hall–Kier alpha value is -1.60. The van der Waals surface area contributed by atoms with Crippen LogP contribution in [0.5, 0.6) is 0 Å². The predicted octanol–water partition coefficient (Wildman–Crippen LogP) is 2.71. The van der Waals surface area contributed by atoms with Crippen LogP contribution in [0.3, 0.4) is 0 Å². The molecule has 0 aliphatic heterocycles. The van der Waals surface area contributed by atoms with Crippen LogP contribution in [0.4, 0.5) is 5.82 Å². The minimum atomic E-state index is 0.420. The maximum Gasteiger partial charge on any atom is 0.171 e. The zero-order valence-electron chi connectivity index (χ0n) is 11.7. The molecule has 6 nitrogen and oxygen atoms in total. The molecule has 0 aliphatic rings. The molecular formula is C13H19N5OS. The second-order valence-corrected chi connectivity index (χ2v) is 5.08. The Bertz CT molecular complexity index is 491. The van der Waals surface area contributed by atoms with Gasteiger partial charge in [0, 0.05) is 31.6 Å². The molecule has 0 atom stereocenters. The Kier molecular flexibility index (Phi) is 5.82. The van der Waals surface area contributed by atoms with Gasteiger partial charge in [-0.1, -0.05) is 6.92 Å². The van der Waals surface area contributed by atoms with Gasteiger partial charge >= 0.3 is 0 Å². The van der Waals surface area contributed by atoms with Gasteiger partial charge in [0.15, 0.2) is 11.0 Å². The molecule has 0 aliphatic carbocycles. The van der Waals surface area contributed by atoms with Gasteiger partial charge in [0.2, 0.25) is 0 Å². The number of anilines is 1. The van der Waals surface area contributed by atoms with E-state index in [2.05, 4.69) is 32.2 Å². The van der Waals surface area contributed by atoms with Gasteiger partial charge in [0.1, 0.15) is 17.5 Å². The van der Waals surface area contributed by atoms with E-state index in [1.165, 1.54) is 11.8 Å². The van der Waals surface area contributed by atoms with Gasteiger partial charge in [0.05, 0.1) is 0 Å². The molecular weight excluding hydrogens is 274 g/mol. The molecule has 0 saturated carbocycles. The number of rotatable bonds is 8. The minimum Gasteiger partial charge on any atom is -0.374 e. The quantitative estimate of drug-likeness (QED) is 0.729. The summed E-state index contributed by atoms with van der Waals surface area (Å²) >= 11 is 1.48. The summed E-state index contributed by atoms with van der Waals surface area (Å²) in [7, 11) is 0. The summed E-state index contributed by atoms with van der Waals surface area (Å²) < 4.78 is 5.38. The summed E-state index contributed by atoms with van der Waals surface area (Å²) in [6, 6.07) is 1.93. The second-order valence-electron chi connectivity index (χ2n) is 4.07. The smallest absolute Gasteiger partial charge is 0.171 e. The largest absolute Gasteiger partial charge is 0.374 e. The van der Waals surface area contributed by atoms with Crippen LogP contribution in [0.2, 0.25) is 0 Å². The van der Waals surface area contributed by atoms with E-state index in [4.69, 9.17) is 4.74 Å². The van der Waals surface area contributed by atoms with E-state index >= 15 is 0 Å². The Morgan fingerprint density at radius 2 is 2.25 bits per heavy atom. The summed E-state index contributed by atoms with van der Waals surface area (Å²) in [5, 5.41) is 4.94. The van der Waals surface area contributed by atoms with Gasteiger partial charge in [-0.05, 0) is 25.1 Å². The van der Waals surface area contributed by atoms with E-state index in [1.807, 2.05) is 13.0 Å². The van der Waals surface area contributed by atoms with Crippen LogP contribution < -0.4 is 5.32 Å². The SMILES string of the molecule is CCCNc1cc(Sc2ncc[nH]2)nc(COCC)n1. The van der Waals surface area contributed by atoms with Crippen molar-refractivity contribution in [2.75, 3.05) is 18.5 Å². The van der Waals surface area contributed by atoms with Crippen molar-refractivity contribution in [1.82, 2.24) is 19.9 Å². The van der Waals surface area contributed by atoms with Crippen molar-refractivity contribution in [3.05, 3.63) is 24.3 Å². The molecule has 2 heterocycles. The lowest BCUT2D eigenvalue weighted by Gasteiger charge is -2.08. The first-order chi connectivity index (χ1) is 9.81. The Morgan fingerprint density at radius 3 is 2.95 bits per heavy atom. The zero-order chi connectivity index (χ0) is 14.2. The fourth-order valence-corrected chi connectivity index (χ4v) is 2.29. The van der Waals surface area contributed by atoms with Gasteiger partial charge in [-0.15, -0.1) is 0 Å². The molecule has 7 heteroatoms. The average Bonchev–Trinajstić information content (AvgIpc) is 2.95. The molecule has 20 heavy (non-hydrogen) atoms. The number of hydrogen-bond acceptors (Lipinski definition) is 6. The van der Waals surface area contributed by atoms with Crippen LogP contribution in [0.25, 0.3) is 0 Å². The van der Waals surface area contributed by atoms with E-state index < -0.39 is 0 Å². The fraction of sp³-hybridized carbons (Fsp3) is 0.462. The third-order valence-electron chi connectivity index (χ3n) is 2.41. The molecule has 0 saturated heterocycles. The Balaban J connectivity index is 2.15. The van der Waals surface area contributed by atoms with Crippen molar-refractivity contribution < 1.29 is 4.74 Å². The first kappa shape index (κ1) is 14.8. The van der Waals surface area contributed by atoms with Crippen LogP contribution >= 0.6 is 11.8 Å². The van der Waals surface area contributed by atoms with Gasteiger partial charge in [0.25, 0.3) is 0 Å². The number of nitrogens with zero attached hydrogens (tertiary/aromatic N) is 3. The van der Waals surface area contributed by atoms with E-state index in [0.717, 1.165) is 29.0 Å². The van der Waals surface area contributed by atoms with Crippen LogP contribution in [-0.2, 0) is 11.3 Å². The third-order valence-corrected chi connectivity index (χ3v) is 3.25. The summed E-state index contributed by atoms with van der Waals surface area (Å²) in [5.41, 5.74) is 0. The maximum atomic E-state index is 5.38. The number of H-pyrrole nitrogens is 1. The van der Waals surface area contributed by atoms with Gasteiger partial charge in [-0.3, -0.25) is 0 Å². The van der Waals surface area contributed by atoms with Crippen molar-refractivity contribution in [1.29, 1.82) is 0 Å². The highest BCUT2D eigenvalue weighted by Gasteiger charge is 2.07. The van der Waals surface area contributed by atoms with E-state index in [1.54, 1.807) is 12.4 Å². The molecule has 0 radical (unpaired) electrons. The van der Waals surface area contributed by atoms with Crippen LogP contribution in [0, 0.1) is 0 Å².